The topological polar surface area (TPSA) is 68.2 Å². The zero-order chi connectivity index (χ0) is 22.2. The van der Waals surface area contributed by atoms with Crippen LogP contribution in [0, 0.1) is 13.8 Å². The van der Waals surface area contributed by atoms with Crippen molar-refractivity contribution in [3.8, 4) is 0 Å². The number of rotatable bonds is 5. The van der Waals surface area contributed by atoms with Crippen molar-refractivity contribution in [1.82, 2.24) is 4.57 Å². The van der Waals surface area contributed by atoms with Gasteiger partial charge in [-0.3, -0.25) is 4.79 Å². The van der Waals surface area contributed by atoms with Crippen molar-refractivity contribution < 1.29 is 13.2 Å². The molecule has 1 aromatic heterocycles. The van der Waals surface area contributed by atoms with E-state index in [1.54, 1.807) is 34.9 Å². The highest BCUT2D eigenvalue weighted by atomic mass is 35.5. The van der Waals surface area contributed by atoms with E-state index in [1.807, 2.05) is 38.1 Å². The van der Waals surface area contributed by atoms with Crippen LogP contribution in [0.2, 0.25) is 5.02 Å². The van der Waals surface area contributed by atoms with Crippen LogP contribution in [-0.4, -0.2) is 18.9 Å². The Morgan fingerprint density at radius 2 is 1.68 bits per heavy atom. The summed E-state index contributed by atoms with van der Waals surface area (Å²) >= 11 is 5.91. The van der Waals surface area contributed by atoms with E-state index in [-0.39, 0.29) is 22.2 Å². The third kappa shape index (κ3) is 4.22. The van der Waals surface area contributed by atoms with Crippen LogP contribution in [0.4, 0.5) is 5.69 Å². The Balaban J connectivity index is 1.69. The van der Waals surface area contributed by atoms with Gasteiger partial charge in [0.2, 0.25) is 15.7 Å². The van der Waals surface area contributed by atoms with Crippen LogP contribution in [0.1, 0.15) is 11.1 Å². The van der Waals surface area contributed by atoms with Crippen molar-refractivity contribution in [2.24, 2.45) is 0 Å². The Hall–Kier alpha value is -3.09. The molecule has 0 unspecified atom stereocenters. The monoisotopic (exact) mass is 452 g/mol. The van der Waals surface area contributed by atoms with E-state index in [1.165, 1.54) is 18.3 Å². The highest BCUT2D eigenvalue weighted by Gasteiger charge is 2.24. The predicted molar refractivity (Wildman–Crippen MR) is 123 cm³/mol. The van der Waals surface area contributed by atoms with Gasteiger partial charge in [0.25, 0.3) is 0 Å². The molecule has 0 radical (unpaired) electrons. The largest absolute Gasteiger partial charge is 0.337 e. The smallest absolute Gasteiger partial charge is 0.244 e. The number of anilines is 1. The lowest BCUT2D eigenvalue weighted by atomic mass is 10.1. The zero-order valence-electron chi connectivity index (χ0n) is 17.1. The van der Waals surface area contributed by atoms with E-state index in [0.717, 1.165) is 11.1 Å². The zero-order valence-corrected chi connectivity index (χ0v) is 18.7. The second kappa shape index (κ2) is 8.21. The van der Waals surface area contributed by atoms with E-state index in [9.17, 15) is 13.2 Å². The second-order valence-corrected chi connectivity index (χ2v) is 9.80. The summed E-state index contributed by atoms with van der Waals surface area (Å²) < 4.78 is 28.2. The number of para-hydroxylation sites is 1. The third-order valence-electron chi connectivity index (χ3n) is 5.27. The number of carbonyl (C=O) groups is 1. The fraction of sp³-hybridized carbons (Fsp3) is 0.125. The van der Waals surface area contributed by atoms with Crippen LogP contribution in [0.25, 0.3) is 10.9 Å². The maximum Gasteiger partial charge on any atom is 0.244 e. The molecule has 0 saturated heterocycles. The number of aromatic nitrogens is 1. The van der Waals surface area contributed by atoms with Crippen LogP contribution in [0.5, 0.6) is 0 Å². The van der Waals surface area contributed by atoms with Gasteiger partial charge in [0.1, 0.15) is 6.54 Å². The summed E-state index contributed by atoms with van der Waals surface area (Å²) in [7, 11) is -3.78. The van der Waals surface area contributed by atoms with Crippen LogP contribution in [0.15, 0.2) is 82.7 Å². The maximum absolute atomic E-state index is 13.3. The van der Waals surface area contributed by atoms with Gasteiger partial charge in [0, 0.05) is 27.8 Å². The number of hydrogen-bond acceptors (Lipinski definition) is 3. The fourth-order valence-electron chi connectivity index (χ4n) is 3.47. The molecule has 7 heteroatoms. The number of amides is 1. The van der Waals surface area contributed by atoms with Gasteiger partial charge in [-0.05, 0) is 67.4 Å². The Kier molecular flexibility index (Phi) is 5.60. The molecule has 1 amide bonds. The first-order chi connectivity index (χ1) is 14.8. The highest BCUT2D eigenvalue weighted by Crippen LogP contribution is 2.30. The van der Waals surface area contributed by atoms with Gasteiger partial charge in [-0.15, -0.1) is 0 Å². The Morgan fingerprint density at radius 1 is 0.968 bits per heavy atom. The number of hydrogen-bond donors (Lipinski definition) is 1. The lowest BCUT2D eigenvalue weighted by Crippen LogP contribution is -2.18. The molecule has 1 N–H and O–H groups in total. The van der Waals surface area contributed by atoms with Crippen molar-refractivity contribution in [3.63, 3.8) is 0 Å². The molecule has 0 aliphatic rings. The molecule has 0 aliphatic heterocycles. The molecule has 3 aromatic carbocycles. The van der Waals surface area contributed by atoms with Crippen molar-refractivity contribution in [2.75, 3.05) is 5.32 Å². The molecule has 1 heterocycles. The number of benzene rings is 3. The average Bonchev–Trinajstić information content (AvgIpc) is 3.10. The number of halogens is 1. The number of carbonyl (C=O) groups excluding carboxylic acids is 1. The first kappa shape index (κ1) is 21.2. The SMILES string of the molecule is Cc1ccc(NC(=O)Cn2cc(S(=O)(=O)c3ccc(Cl)cc3)c3ccccc32)cc1C. The van der Waals surface area contributed by atoms with Crippen LogP contribution in [-0.2, 0) is 21.2 Å². The molecule has 0 saturated carbocycles. The first-order valence-corrected chi connectivity index (χ1v) is 11.6. The number of sulfone groups is 1. The van der Waals surface area contributed by atoms with E-state index >= 15 is 0 Å². The summed E-state index contributed by atoms with van der Waals surface area (Å²) in [6.45, 7) is 3.98. The fourth-order valence-corrected chi connectivity index (χ4v) is 5.08. The molecule has 0 fully saturated rings. The van der Waals surface area contributed by atoms with Gasteiger partial charge in [-0.1, -0.05) is 35.9 Å². The minimum atomic E-state index is -3.78. The standard InChI is InChI=1S/C24H21ClN2O3S/c1-16-7-10-19(13-17(16)2)26-24(28)15-27-14-23(21-5-3-4-6-22(21)27)31(29,30)20-11-8-18(25)9-12-20/h3-14H,15H2,1-2H3,(H,26,28). The molecule has 158 valence electrons. The average molecular weight is 453 g/mol. The van der Waals surface area contributed by atoms with Gasteiger partial charge < -0.3 is 9.88 Å². The Morgan fingerprint density at radius 3 is 2.39 bits per heavy atom. The first-order valence-electron chi connectivity index (χ1n) is 9.71. The highest BCUT2D eigenvalue weighted by molar-refractivity contribution is 7.91. The van der Waals surface area contributed by atoms with Gasteiger partial charge in [-0.2, -0.15) is 0 Å². The Labute approximate surface area is 186 Å². The quantitative estimate of drug-likeness (QED) is 0.441. The molecule has 0 bridgehead atoms. The minimum absolute atomic E-state index is 0.0103. The van der Waals surface area contributed by atoms with E-state index < -0.39 is 9.84 Å². The van der Waals surface area contributed by atoms with E-state index in [2.05, 4.69) is 5.32 Å². The second-order valence-electron chi connectivity index (χ2n) is 7.44. The van der Waals surface area contributed by atoms with Crippen molar-refractivity contribution in [1.29, 1.82) is 0 Å². The van der Waals surface area contributed by atoms with Crippen molar-refractivity contribution >= 4 is 43.9 Å². The van der Waals surface area contributed by atoms with Gasteiger partial charge in [0.05, 0.1) is 9.79 Å². The molecule has 31 heavy (non-hydrogen) atoms. The normalized spacial score (nSPS) is 11.6. The summed E-state index contributed by atoms with van der Waals surface area (Å²) in [4.78, 5) is 13.0. The van der Waals surface area contributed by atoms with Crippen LogP contribution in [0.3, 0.4) is 0 Å². The summed E-state index contributed by atoms with van der Waals surface area (Å²) in [5, 5.41) is 3.91. The van der Waals surface area contributed by atoms with E-state index in [0.29, 0.717) is 21.6 Å². The molecule has 4 aromatic rings. The van der Waals surface area contributed by atoms with Crippen LogP contribution < -0.4 is 5.32 Å². The minimum Gasteiger partial charge on any atom is -0.337 e. The summed E-state index contributed by atoms with van der Waals surface area (Å²) in [6, 6.07) is 18.9. The van der Waals surface area contributed by atoms with Gasteiger partial charge in [0.15, 0.2) is 0 Å². The predicted octanol–water partition coefficient (Wildman–Crippen LogP) is 5.38. The summed E-state index contributed by atoms with van der Waals surface area (Å²) in [6.07, 6.45) is 1.52. The number of nitrogens with zero attached hydrogens (tertiary/aromatic N) is 1. The molecule has 0 aliphatic carbocycles. The number of aryl methyl sites for hydroxylation is 2. The summed E-state index contributed by atoms with van der Waals surface area (Å²) in [5.41, 5.74) is 3.61. The lowest BCUT2D eigenvalue weighted by molar-refractivity contribution is -0.116. The summed E-state index contributed by atoms with van der Waals surface area (Å²) in [5.74, 6) is -0.237. The molecule has 5 nitrogen and oxygen atoms in total. The molecular weight excluding hydrogens is 432 g/mol. The molecule has 4 rings (SSSR count). The number of nitrogens with one attached hydrogen (secondary N) is 1. The maximum atomic E-state index is 13.3. The number of fused-ring (bicyclic) bond motifs is 1. The molecular formula is C24H21ClN2O3S. The molecule has 0 spiro atoms. The van der Waals surface area contributed by atoms with Gasteiger partial charge in [-0.25, -0.2) is 8.42 Å². The van der Waals surface area contributed by atoms with Crippen molar-refractivity contribution in [2.45, 2.75) is 30.2 Å². The third-order valence-corrected chi connectivity index (χ3v) is 7.32. The van der Waals surface area contributed by atoms with Crippen molar-refractivity contribution in [3.05, 3.63) is 89.1 Å². The van der Waals surface area contributed by atoms with Crippen LogP contribution >= 0.6 is 11.6 Å². The molecule has 0 atom stereocenters. The van der Waals surface area contributed by atoms with Gasteiger partial charge >= 0.3 is 0 Å². The van der Waals surface area contributed by atoms with E-state index in [4.69, 9.17) is 11.6 Å². The Bertz CT molecular complexity index is 1390. The lowest BCUT2D eigenvalue weighted by Gasteiger charge is -2.09.